The molecule has 0 aliphatic heterocycles. The molecule has 0 aromatic carbocycles. The molecule has 13 heavy (non-hydrogen) atoms. The van der Waals surface area contributed by atoms with Crippen LogP contribution in [0.15, 0.2) is 10.6 Å². The Morgan fingerprint density at radius 3 is 2.54 bits per heavy atom. The van der Waals surface area contributed by atoms with Gasteiger partial charge in [-0.05, 0) is 18.8 Å². The molecule has 1 aliphatic carbocycles. The van der Waals surface area contributed by atoms with Gasteiger partial charge in [0.25, 0.3) is 0 Å². The number of nitrogens with zero attached hydrogens (tertiary/aromatic N) is 1. The van der Waals surface area contributed by atoms with Gasteiger partial charge in [-0.1, -0.05) is 19.8 Å². The predicted octanol–water partition coefficient (Wildman–Crippen LogP) is 3.28. The van der Waals surface area contributed by atoms with Crippen molar-refractivity contribution in [2.24, 2.45) is 5.92 Å². The monoisotopic (exact) mass is 179 g/mol. The minimum Gasteiger partial charge on any atom is -0.446 e. The van der Waals surface area contributed by atoms with Crippen LogP contribution < -0.4 is 0 Å². The van der Waals surface area contributed by atoms with Gasteiger partial charge in [0, 0.05) is 12.8 Å². The van der Waals surface area contributed by atoms with Crippen molar-refractivity contribution in [2.45, 2.75) is 45.4 Å². The van der Waals surface area contributed by atoms with Gasteiger partial charge in [0.15, 0.2) is 5.89 Å². The van der Waals surface area contributed by atoms with E-state index in [9.17, 15) is 0 Å². The Morgan fingerprint density at radius 2 is 2.00 bits per heavy atom. The maximum Gasteiger partial charge on any atom is 0.191 e. The largest absolute Gasteiger partial charge is 0.446 e. The Kier molecular flexibility index (Phi) is 2.38. The molecule has 0 spiro atoms. The standard InChI is InChI=1S/C11H17NO/c1-8-3-5-10(6-4-8)11-7-12-9(2)13-11/h7-8,10H,3-6H2,1-2H3/t8-,10-. The van der Waals surface area contributed by atoms with Crippen LogP contribution in [0.3, 0.4) is 0 Å². The summed E-state index contributed by atoms with van der Waals surface area (Å²) >= 11 is 0. The second kappa shape index (κ2) is 3.52. The van der Waals surface area contributed by atoms with E-state index >= 15 is 0 Å². The molecule has 2 nitrogen and oxygen atoms in total. The summed E-state index contributed by atoms with van der Waals surface area (Å²) in [6.07, 6.45) is 7.12. The molecule has 2 rings (SSSR count). The molecule has 0 unspecified atom stereocenters. The lowest BCUT2D eigenvalue weighted by Crippen LogP contribution is -2.10. The zero-order chi connectivity index (χ0) is 9.26. The number of aryl methyl sites for hydroxylation is 1. The fourth-order valence-electron chi connectivity index (χ4n) is 2.11. The van der Waals surface area contributed by atoms with Crippen LogP contribution >= 0.6 is 0 Å². The molecular formula is C11H17NO. The Balaban J connectivity index is 2.02. The third-order valence-corrected chi connectivity index (χ3v) is 3.06. The average molecular weight is 179 g/mol. The molecule has 1 fully saturated rings. The van der Waals surface area contributed by atoms with Gasteiger partial charge in [-0.2, -0.15) is 0 Å². The first-order valence-corrected chi connectivity index (χ1v) is 5.18. The van der Waals surface area contributed by atoms with Crippen molar-refractivity contribution in [1.82, 2.24) is 4.98 Å². The molecule has 0 bridgehead atoms. The average Bonchev–Trinajstić information content (AvgIpc) is 2.53. The van der Waals surface area contributed by atoms with Crippen LogP contribution in [0.2, 0.25) is 0 Å². The minimum atomic E-state index is 0.636. The zero-order valence-corrected chi connectivity index (χ0v) is 8.42. The first-order chi connectivity index (χ1) is 6.25. The van der Waals surface area contributed by atoms with Crippen molar-refractivity contribution in [2.75, 3.05) is 0 Å². The van der Waals surface area contributed by atoms with E-state index in [0.29, 0.717) is 5.92 Å². The molecule has 0 radical (unpaired) electrons. The van der Waals surface area contributed by atoms with E-state index in [1.54, 1.807) is 0 Å². The van der Waals surface area contributed by atoms with Gasteiger partial charge >= 0.3 is 0 Å². The molecule has 0 atom stereocenters. The van der Waals surface area contributed by atoms with Crippen molar-refractivity contribution < 1.29 is 4.42 Å². The molecule has 1 aliphatic rings. The number of hydrogen-bond acceptors (Lipinski definition) is 2. The summed E-state index contributed by atoms with van der Waals surface area (Å²) in [6.45, 7) is 4.25. The molecule has 1 aromatic rings. The summed E-state index contributed by atoms with van der Waals surface area (Å²) in [5, 5.41) is 0. The highest BCUT2D eigenvalue weighted by molar-refractivity contribution is 5.02. The molecule has 1 aromatic heterocycles. The van der Waals surface area contributed by atoms with Crippen LogP contribution in [-0.4, -0.2) is 4.98 Å². The first-order valence-electron chi connectivity index (χ1n) is 5.18. The Morgan fingerprint density at radius 1 is 1.31 bits per heavy atom. The summed E-state index contributed by atoms with van der Waals surface area (Å²) in [4.78, 5) is 4.14. The van der Waals surface area contributed by atoms with E-state index in [1.807, 2.05) is 13.1 Å². The van der Waals surface area contributed by atoms with Gasteiger partial charge < -0.3 is 4.42 Å². The number of rotatable bonds is 1. The van der Waals surface area contributed by atoms with E-state index in [-0.39, 0.29) is 0 Å². The fourth-order valence-corrected chi connectivity index (χ4v) is 2.11. The van der Waals surface area contributed by atoms with E-state index in [4.69, 9.17) is 4.42 Å². The minimum absolute atomic E-state index is 0.636. The normalized spacial score (nSPS) is 29.1. The maximum absolute atomic E-state index is 5.55. The number of aromatic nitrogens is 1. The van der Waals surface area contributed by atoms with Gasteiger partial charge in [-0.25, -0.2) is 4.98 Å². The Bertz CT molecular complexity index is 271. The van der Waals surface area contributed by atoms with Crippen molar-refractivity contribution in [3.8, 4) is 0 Å². The highest BCUT2D eigenvalue weighted by Crippen LogP contribution is 2.35. The summed E-state index contributed by atoms with van der Waals surface area (Å²) in [5.41, 5.74) is 0. The highest BCUT2D eigenvalue weighted by Gasteiger charge is 2.22. The zero-order valence-electron chi connectivity index (χ0n) is 8.42. The summed E-state index contributed by atoms with van der Waals surface area (Å²) < 4.78 is 5.55. The topological polar surface area (TPSA) is 26.0 Å². The molecule has 1 heterocycles. The number of oxazole rings is 1. The first kappa shape index (κ1) is 8.79. The van der Waals surface area contributed by atoms with Crippen LogP contribution in [0.25, 0.3) is 0 Å². The van der Waals surface area contributed by atoms with Gasteiger partial charge in [-0.3, -0.25) is 0 Å². The van der Waals surface area contributed by atoms with Crippen LogP contribution in [0.1, 0.15) is 50.2 Å². The smallest absolute Gasteiger partial charge is 0.191 e. The van der Waals surface area contributed by atoms with Gasteiger partial charge in [-0.15, -0.1) is 0 Å². The Labute approximate surface area is 79.4 Å². The summed E-state index contributed by atoms with van der Waals surface area (Å²) in [7, 11) is 0. The van der Waals surface area contributed by atoms with Crippen LogP contribution in [0.4, 0.5) is 0 Å². The third kappa shape index (κ3) is 1.93. The van der Waals surface area contributed by atoms with Crippen LogP contribution in [0, 0.1) is 12.8 Å². The molecular weight excluding hydrogens is 162 g/mol. The van der Waals surface area contributed by atoms with E-state index in [1.165, 1.54) is 25.7 Å². The van der Waals surface area contributed by atoms with Crippen molar-refractivity contribution in [1.29, 1.82) is 0 Å². The summed E-state index contributed by atoms with van der Waals surface area (Å²) in [5.74, 6) is 3.44. The molecule has 72 valence electrons. The van der Waals surface area contributed by atoms with E-state index in [0.717, 1.165) is 17.6 Å². The molecule has 0 N–H and O–H groups in total. The third-order valence-electron chi connectivity index (χ3n) is 3.06. The SMILES string of the molecule is Cc1ncc([C@H]2CC[C@H](C)CC2)o1. The molecule has 0 saturated heterocycles. The van der Waals surface area contributed by atoms with Gasteiger partial charge in [0.05, 0.1) is 6.20 Å². The quantitative estimate of drug-likeness (QED) is 0.661. The van der Waals surface area contributed by atoms with Gasteiger partial charge in [0.2, 0.25) is 0 Å². The van der Waals surface area contributed by atoms with Crippen LogP contribution in [-0.2, 0) is 0 Å². The predicted molar refractivity (Wildman–Crippen MR) is 51.6 cm³/mol. The molecule has 0 amide bonds. The molecule has 2 heteroatoms. The lowest BCUT2D eigenvalue weighted by atomic mass is 9.82. The maximum atomic E-state index is 5.55. The fraction of sp³-hybridized carbons (Fsp3) is 0.727. The van der Waals surface area contributed by atoms with Crippen LogP contribution in [0.5, 0.6) is 0 Å². The van der Waals surface area contributed by atoms with E-state index < -0.39 is 0 Å². The second-order valence-corrected chi connectivity index (χ2v) is 4.24. The van der Waals surface area contributed by atoms with Crippen molar-refractivity contribution in [3.63, 3.8) is 0 Å². The Hall–Kier alpha value is -0.790. The second-order valence-electron chi connectivity index (χ2n) is 4.24. The highest BCUT2D eigenvalue weighted by atomic mass is 16.4. The van der Waals surface area contributed by atoms with Crippen molar-refractivity contribution >= 4 is 0 Å². The molecule has 1 saturated carbocycles. The van der Waals surface area contributed by atoms with Crippen molar-refractivity contribution in [3.05, 3.63) is 17.8 Å². The lowest BCUT2D eigenvalue weighted by molar-refractivity contribution is 0.311. The van der Waals surface area contributed by atoms with E-state index in [2.05, 4.69) is 11.9 Å². The lowest BCUT2D eigenvalue weighted by Gasteiger charge is -2.24. The number of hydrogen-bond donors (Lipinski definition) is 0. The summed E-state index contributed by atoms with van der Waals surface area (Å²) in [6, 6.07) is 0. The van der Waals surface area contributed by atoms with Gasteiger partial charge in [0.1, 0.15) is 5.76 Å².